The molecule has 0 aromatic carbocycles. The smallest absolute Gasteiger partial charge is 0.383 e. The average Bonchev–Trinajstić information content (AvgIpc) is 1.97. The van der Waals surface area contributed by atoms with E-state index in [0.29, 0.717) is 0 Å². The molecule has 0 aliphatic heterocycles. The molecule has 1 rings (SSSR count). The van der Waals surface area contributed by atoms with Crippen molar-refractivity contribution >= 4 is 19.6 Å². The summed E-state index contributed by atoms with van der Waals surface area (Å²) in [6.07, 6.45) is 1.45. The van der Waals surface area contributed by atoms with Gasteiger partial charge in [0.25, 0.3) is 0 Å². The van der Waals surface area contributed by atoms with E-state index in [0.717, 1.165) is 0 Å². The van der Waals surface area contributed by atoms with Gasteiger partial charge >= 0.3 is 13.5 Å². The molecule has 0 unspecified atom stereocenters. The summed E-state index contributed by atoms with van der Waals surface area (Å²) >= 11 is 0. The number of hydrogen-bond donors (Lipinski definition) is 8. The third-order valence-corrected chi connectivity index (χ3v) is 0.692. The first-order valence-corrected chi connectivity index (χ1v) is 5.28. The largest absolute Gasteiger partial charge is 0.466 e. The van der Waals surface area contributed by atoms with E-state index in [1.165, 1.54) is 12.3 Å². The Morgan fingerprint density at radius 3 is 1.94 bits per heavy atom. The molecule has 17 heavy (non-hydrogen) atoms. The van der Waals surface area contributed by atoms with Crippen molar-refractivity contribution < 1.29 is 19.2 Å². The zero-order chi connectivity index (χ0) is 14.1. The van der Waals surface area contributed by atoms with Gasteiger partial charge in [-0.25, -0.2) is 9.36 Å². The molecule has 11 nitrogen and oxygen atoms in total. The highest BCUT2D eigenvalue weighted by atomic mass is 31.2. The predicted octanol–water partition coefficient (Wildman–Crippen LogP) is -2.74. The quantitative estimate of drug-likeness (QED) is 0.138. The lowest BCUT2D eigenvalue weighted by Crippen LogP contribution is -2.20. The molecule has 98 valence electrons. The molecule has 0 bridgehead atoms. The van der Waals surface area contributed by atoms with Crippen LogP contribution in [0, 0.1) is 5.41 Å². The molecule has 0 radical (unpaired) electrons. The molecule has 1 heterocycles. The minimum absolute atomic E-state index is 0.244. The van der Waals surface area contributed by atoms with Gasteiger partial charge in [0.05, 0.1) is 0 Å². The molecule has 0 spiro atoms. The van der Waals surface area contributed by atoms with Crippen molar-refractivity contribution in [1.82, 2.24) is 9.97 Å². The molecule has 1 aromatic rings. The lowest BCUT2D eigenvalue weighted by molar-refractivity contribution is 0.275. The van der Waals surface area contributed by atoms with Crippen LogP contribution in [0.25, 0.3) is 0 Å². The summed E-state index contributed by atoms with van der Waals surface area (Å²) in [7, 11) is -4.64. The van der Waals surface area contributed by atoms with Gasteiger partial charge in [-0.05, 0) is 6.07 Å². The van der Waals surface area contributed by atoms with Crippen molar-refractivity contribution in [2.45, 2.75) is 0 Å². The highest BCUT2D eigenvalue weighted by Gasteiger charge is 2.00. The minimum atomic E-state index is -4.64. The van der Waals surface area contributed by atoms with Gasteiger partial charge in [0.1, 0.15) is 5.82 Å². The van der Waals surface area contributed by atoms with E-state index in [1.54, 1.807) is 0 Å². The fraction of sp³-hybridized carbons (Fsp3) is 0. The zero-order valence-electron chi connectivity index (χ0n) is 8.44. The Balaban J connectivity index is 0. The van der Waals surface area contributed by atoms with E-state index in [1.807, 2.05) is 0 Å². The Labute approximate surface area is 95.0 Å². The number of phosphoric acid groups is 1. The topological polar surface area (TPSA) is 225 Å². The maximum absolute atomic E-state index is 10.2. The van der Waals surface area contributed by atoms with Crippen molar-refractivity contribution in [3.8, 4) is 0 Å². The number of H-pyrrole nitrogens is 1. The van der Waals surface area contributed by atoms with Crippen molar-refractivity contribution in [2.24, 2.45) is 11.5 Å². The molecular weight excluding hydrogens is 255 g/mol. The van der Waals surface area contributed by atoms with E-state index in [9.17, 15) is 4.79 Å². The summed E-state index contributed by atoms with van der Waals surface area (Å²) < 4.78 is 8.88. The standard InChI is InChI=1S/C4H5N3O.CH5N3.H3O4P/c5-3-1-2-6-4(8)7-3;2-1(3)4;1-5(2,3)4/h1-2H,(H3,5,6,7,8);(H5,2,3,4);(H3,1,2,3,4). The fourth-order valence-electron chi connectivity index (χ4n) is 0.385. The third-order valence-electron chi connectivity index (χ3n) is 0.692. The molecule has 0 amide bonds. The molecule has 0 atom stereocenters. The van der Waals surface area contributed by atoms with E-state index in [-0.39, 0.29) is 11.8 Å². The number of nitrogens with two attached hydrogens (primary N) is 3. The van der Waals surface area contributed by atoms with Crippen molar-refractivity contribution in [3.05, 3.63) is 22.7 Å². The van der Waals surface area contributed by atoms with Crippen LogP contribution in [0.2, 0.25) is 0 Å². The molecule has 0 aliphatic carbocycles. The Kier molecular flexibility index (Phi) is 8.46. The first kappa shape index (κ1) is 17.5. The Bertz CT molecular complexity index is 428. The summed E-state index contributed by atoms with van der Waals surface area (Å²) in [5.74, 6) is -0.0891. The molecule has 11 N–H and O–H groups in total. The lowest BCUT2D eigenvalue weighted by Gasteiger charge is -1.83. The monoisotopic (exact) mass is 268 g/mol. The van der Waals surface area contributed by atoms with Gasteiger partial charge in [-0.1, -0.05) is 0 Å². The van der Waals surface area contributed by atoms with Gasteiger partial charge in [0, 0.05) is 6.20 Å². The maximum Gasteiger partial charge on any atom is 0.466 e. The number of guanidine groups is 1. The van der Waals surface area contributed by atoms with Crippen LogP contribution < -0.4 is 22.9 Å². The number of rotatable bonds is 0. The highest BCUT2D eigenvalue weighted by molar-refractivity contribution is 7.45. The van der Waals surface area contributed by atoms with Crippen LogP contribution in [-0.2, 0) is 4.57 Å². The average molecular weight is 268 g/mol. The van der Waals surface area contributed by atoms with Crippen LogP contribution in [0.3, 0.4) is 0 Å². The van der Waals surface area contributed by atoms with Crippen molar-refractivity contribution in [2.75, 3.05) is 5.73 Å². The molecule has 0 fully saturated rings. The van der Waals surface area contributed by atoms with Gasteiger partial charge in [0.2, 0.25) is 0 Å². The van der Waals surface area contributed by atoms with Crippen molar-refractivity contribution in [1.29, 1.82) is 5.41 Å². The zero-order valence-corrected chi connectivity index (χ0v) is 9.33. The van der Waals surface area contributed by atoms with E-state index in [4.69, 9.17) is 30.4 Å². The second-order valence-corrected chi connectivity index (χ2v) is 3.31. The molecule has 0 saturated heterocycles. The highest BCUT2D eigenvalue weighted by Crippen LogP contribution is 2.25. The molecule has 1 aromatic heterocycles. The van der Waals surface area contributed by atoms with Crippen molar-refractivity contribution in [3.63, 3.8) is 0 Å². The summed E-state index contributed by atoms with van der Waals surface area (Å²) in [5.41, 5.74) is 13.7. The van der Waals surface area contributed by atoms with E-state index < -0.39 is 13.5 Å². The van der Waals surface area contributed by atoms with Gasteiger partial charge < -0.3 is 36.9 Å². The van der Waals surface area contributed by atoms with Crippen LogP contribution in [0.4, 0.5) is 5.82 Å². The summed E-state index contributed by atoms with van der Waals surface area (Å²) in [4.78, 5) is 37.5. The number of anilines is 1. The van der Waals surface area contributed by atoms with E-state index in [2.05, 4.69) is 21.4 Å². The number of hydrogen-bond acceptors (Lipinski definition) is 5. The second kappa shape index (κ2) is 8.24. The van der Waals surface area contributed by atoms with Crippen LogP contribution in [0.5, 0.6) is 0 Å². The normalized spacial score (nSPS) is 9.12. The van der Waals surface area contributed by atoms with Gasteiger partial charge in [0.15, 0.2) is 5.96 Å². The third kappa shape index (κ3) is 31.5. The number of aromatic amines is 1. The predicted molar refractivity (Wildman–Crippen MR) is 59.6 cm³/mol. The number of aromatic nitrogens is 2. The van der Waals surface area contributed by atoms with Crippen LogP contribution in [-0.4, -0.2) is 30.6 Å². The first-order chi connectivity index (χ1) is 7.52. The van der Waals surface area contributed by atoms with Gasteiger partial charge in [-0.2, -0.15) is 4.98 Å². The summed E-state index contributed by atoms with van der Waals surface area (Å²) in [5, 5.41) is 6.06. The second-order valence-electron chi connectivity index (χ2n) is 2.29. The van der Waals surface area contributed by atoms with Crippen LogP contribution in [0.1, 0.15) is 0 Å². The minimum Gasteiger partial charge on any atom is -0.383 e. The number of nitrogen functional groups attached to an aromatic ring is 1. The molecular formula is C5H13N6O5P. The van der Waals surface area contributed by atoms with Crippen LogP contribution in [0.15, 0.2) is 17.1 Å². The maximum atomic E-state index is 10.2. The Morgan fingerprint density at radius 1 is 1.41 bits per heavy atom. The van der Waals surface area contributed by atoms with Crippen LogP contribution >= 0.6 is 7.82 Å². The van der Waals surface area contributed by atoms with Gasteiger partial charge in [-0.15, -0.1) is 0 Å². The Hall–Kier alpha value is -1.94. The number of nitrogens with one attached hydrogen (secondary N) is 2. The first-order valence-electron chi connectivity index (χ1n) is 3.71. The fourth-order valence-corrected chi connectivity index (χ4v) is 0.385. The Morgan fingerprint density at radius 2 is 1.76 bits per heavy atom. The summed E-state index contributed by atoms with van der Waals surface area (Å²) in [6, 6.07) is 1.52. The van der Waals surface area contributed by atoms with Gasteiger partial charge in [-0.3, -0.25) is 5.41 Å². The molecule has 0 saturated carbocycles. The number of nitrogens with zero attached hydrogens (tertiary/aromatic N) is 1. The SMILES string of the molecule is N=C(N)N.Nc1cc[nH]c(=O)n1.O=P(O)(O)O. The molecule has 12 heteroatoms. The molecule has 0 aliphatic rings. The van der Waals surface area contributed by atoms with E-state index >= 15 is 0 Å². The summed E-state index contributed by atoms with van der Waals surface area (Å²) in [6.45, 7) is 0. The lowest BCUT2D eigenvalue weighted by atomic mass is 10.6.